The topological polar surface area (TPSA) is 52.4 Å². The summed E-state index contributed by atoms with van der Waals surface area (Å²) in [5.74, 6) is 0.589. The van der Waals surface area contributed by atoms with Gasteiger partial charge < -0.3 is 4.74 Å². The number of nitro groups is 1. The molecule has 0 bridgehead atoms. The van der Waals surface area contributed by atoms with Crippen LogP contribution in [0.3, 0.4) is 0 Å². The molecule has 1 aromatic carbocycles. The number of hydrogen-bond acceptors (Lipinski definition) is 3. The Kier molecular flexibility index (Phi) is 5.30. The molecule has 1 rings (SSSR count). The van der Waals surface area contributed by atoms with Crippen LogP contribution >= 0.6 is 0 Å². The molecule has 0 heterocycles. The maximum atomic E-state index is 10.4. The molecule has 0 saturated carbocycles. The average Bonchev–Trinajstić information content (AvgIpc) is 2.07. The Labute approximate surface area is 102 Å². The molecule has 0 aliphatic heterocycles. The van der Waals surface area contributed by atoms with Gasteiger partial charge in [0.05, 0.1) is 6.10 Å². The van der Waals surface area contributed by atoms with Crippen LogP contribution in [0, 0.1) is 17.0 Å². The second kappa shape index (κ2) is 5.71. The number of non-ortho nitro benzene ring substituents is 1. The first-order valence-corrected chi connectivity index (χ1v) is 4.27. The maximum absolute atomic E-state index is 10.4. The van der Waals surface area contributed by atoms with Crippen molar-refractivity contribution < 1.29 is 29.1 Å². The van der Waals surface area contributed by atoms with E-state index < -0.39 is 4.92 Å². The molecule has 0 aliphatic rings. The third-order valence-corrected chi connectivity index (χ3v) is 1.62. The molecule has 0 N–H and O–H groups in total. The quantitative estimate of drug-likeness (QED) is 0.373. The predicted molar refractivity (Wildman–Crippen MR) is 53.3 cm³/mol. The van der Waals surface area contributed by atoms with Crippen LogP contribution in [-0.2, 0) is 19.5 Å². The van der Waals surface area contributed by atoms with Crippen LogP contribution in [0.25, 0.3) is 0 Å². The van der Waals surface area contributed by atoms with E-state index in [1.807, 2.05) is 13.8 Å². The maximum Gasteiger partial charge on any atom is 1.00 e. The predicted octanol–water partition coefficient (Wildman–Crippen LogP) is 2.56. The van der Waals surface area contributed by atoms with Gasteiger partial charge >= 0.3 is 19.5 Å². The first kappa shape index (κ1) is 13.9. The molecular weight excluding hydrogens is 283 g/mol. The van der Waals surface area contributed by atoms with Crippen molar-refractivity contribution in [2.75, 3.05) is 0 Å². The summed E-state index contributed by atoms with van der Waals surface area (Å²) in [5.41, 5.74) is 0.569. The smallest absolute Gasteiger partial charge is 0.548 e. The molecule has 0 fully saturated rings. The van der Waals surface area contributed by atoms with Crippen LogP contribution in [0.5, 0.6) is 5.75 Å². The van der Waals surface area contributed by atoms with Crippen LogP contribution in [0.15, 0.2) is 18.2 Å². The van der Waals surface area contributed by atoms with Crippen molar-refractivity contribution in [3.63, 3.8) is 0 Å². The first-order chi connectivity index (χ1) is 6.50. The van der Waals surface area contributed by atoms with Crippen molar-refractivity contribution in [2.24, 2.45) is 0 Å². The zero-order valence-corrected chi connectivity index (χ0v) is 10.3. The molecule has 0 aliphatic carbocycles. The van der Waals surface area contributed by atoms with Crippen LogP contribution in [0.2, 0.25) is 0 Å². The molecule has 1 aromatic rings. The van der Waals surface area contributed by atoms with Gasteiger partial charge in [0.1, 0.15) is 0 Å². The Balaban J connectivity index is 0.00000196. The summed E-state index contributed by atoms with van der Waals surface area (Å²) in [6, 6.07) is 4.38. The van der Waals surface area contributed by atoms with E-state index in [4.69, 9.17) is 4.74 Å². The summed E-state index contributed by atoms with van der Waals surface area (Å²) in [6.07, 6.45) is 0.0388. The molecule has 5 heteroatoms. The molecule has 0 spiro atoms. The molecule has 0 saturated heterocycles. The third kappa shape index (κ3) is 3.88. The van der Waals surface area contributed by atoms with Gasteiger partial charge in [0.25, 0.3) is 0 Å². The molecule has 0 unspecified atom stereocenters. The summed E-state index contributed by atoms with van der Waals surface area (Å²) in [5, 5.41) is 10.4. The van der Waals surface area contributed by atoms with Crippen LogP contribution in [-0.4, -0.2) is 11.0 Å². The molecule has 0 aromatic heterocycles. The van der Waals surface area contributed by atoms with Gasteiger partial charge in [-0.1, -0.05) is 12.1 Å². The molecule has 15 heavy (non-hydrogen) atoms. The summed E-state index contributed by atoms with van der Waals surface area (Å²) in [7, 11) is 0. The second-order valence-electron chi connectivity index (χ2n) is 3.22. The van der Waals surface area contributed by atoms with Crippen molar-refractivity contribution in [3.8, 4) is 5.75 Å². The zero-order chi connectivity index (χ0) is 10.7. The number of nitro benzene ring substituents is 1. The van der Waals surface area contributed by atoms with Gasteiger partial charge in [-0.15, -0.1) is 5.56 Å². The van der Waals surface area contributed by atoms with Crippen LogP contribution in [0.4, 0.5) is 5.69 Å². The minimum absolute atomic E-state index is 0. The van der Waals surface area contributed by atoms with Crippen molar-refractivity contribution in [2.45, 2.75) is 20.0 Å². The molecule has 83 valence electrons. The Morgan fingerprint density at radius 1 is 1.47 bits per heavy atom. The van der Waals surface area contributed by atoms with Gasteiger partial charge in [-0.25, -0.2) is 0 Å². The van der Waals surface area contributed by atoms with Crippen LogP contribution < -0.4 is 4.74 Å². The summed E-state index contributed by atoms with van der Waals surface area (Å²) < 4.78 is 5.39. The van der Waals surface area contributed by atoms with E-state index in [2.05, 4.69) is 6.92 Å². The third-order valence-electron chi connectivity index (χ3n) is 1.62. The monoisotopic (exact) mass is 296 g/mol. The van der Waals surface area contributed by atoms with E-state index >= 15 is 0 Å². The summed E-state index contributed by atoms with van der Waals surface area (Å²) >= 11 is 0. The Hall–Kier alpha value is -1.09. The molecule has 1 radical (unpaired) electrons. The van der Waals surface area contributed by atoms with Crippen molar-refractivity contribution in [3.05, 3.63) is 40.8 Å². The molecule has 4 nitrogen and oxygen atoms in total. The molecular formula is C10H12NO3Ru. The minimum Gasteiger partial charge on any atom is -0.548 e. The van der Waals surface area contributed by atoms with E-state index in [1.165, 1.54) is 12.1 Å². The Morgan fingerprint density at radius 2 is 2.07 bits per heavy atom. The first-order valence-electron chi connectivity index (χ1n) is 4.27. The molecule has 0 atom stereocenters. The number of hydrogen-bond donors (Lipinski definition) is 0. The number of rotatable bonds is 3. The number of ether oxygens (including phenoxy) is 1. The fraction of sp³-hybridized carbons (Fsp3) is 0.300. The summed E-state index contributed by atoms with van der Waals surface area (Å²) in [4.78, 5) is 9.97. The van der Waals surface area contributed by atoms with Crippen LogP contribution in [0.1, 0.15) is 19.4 Å². The number of nitrogens with zero attached hydrogens (tertiary/aromatic N) is 1. The van der Waals surface area contributed by atoms with E-state index in [0.717, 1.165) is 0 Å². The van der Waals surface area contributed by atoms with Crippen molar-refractivity contribution >= 4 is 5.69 Å². The SMILES string of the molecule is [CH2-]c1cc([N+](=O)[O-])ccc1OC(C)C.[Ru+]. The van der Waals surface area contributed by atoms with Gasteiger partial charge in [0.2, 0.25) is 5.69 Å². The van der Waals surface area contributed by atoms with Gasteiger partial charge in [0, 0.05) is 10.7 Å². The Bertz CT molecular complexity index is 353. The average molecular weight is 295 g/mol. The van der Waals surface area contributed by atoms with Gasteiger partial charge in [-0.3, -0.25) is 10.1 Å². The second-order valence-corrected chi connectivity index (χ2v) is 3.22. The van der Waals surface area contributed by atoms with E-state index in [9.17, 15) is 10.1 Å². The van der Waals surface area contributed by atoms with E-state index in [-0.39, 0.29) is 31.3 Å². The summed E-state index contributed by atoms with van der Waals surface area (Å²) in [6.45, 7) is 7.47. The van der Waals surface area contributed by atoms with E-state index in [1.54, 1.807) is 6.07 Å². The normalized spacial score (nSPS) is 9.53. The standard InChI is InChI=1S/C10H12NO3.Ru/c1-7(2)14-10-5-4-9(11(12)13)6-8(10)3;/h4-7H,3H2,1-2H3;/q-1;+1. The Morgan fingerprint density at radius 3 is 2.47 bits per heavy atom. The van der Waals surface area contributed by atoms with E-state index in [0.29, 0.717) is 11.3 Å². The fourth-order valence-corrected chi connectivity index (χ4v) is 1.05. The van der Waals surface area contributed by atoms with Gasteiger partial charge in [-0.2, -0.15) is 6.92 Å². The zero-order valence-electron chi connectivity index (χ0n) is 8.54. The van der Waals surface area contributed by atoms with Crippen molar-refractivity contribution in [1.82, 2.24) is 0 Å². The minimum atomic E-state index is -0.451. The van der Waals surface area contributed by atoms with Gasteiger partial charge in [-0.05, 0) is 19.9 Å². The molecule has 0 amide bonds. The van der Waals surface area contributed by atoms with Crippen molar-refractivity contribution in [1.29, 1.82) is 0 Å². The van der Waals surface area contributed by atoms with Gasteiger partial charge in [0.15, 0.2) is 0 Å². The number of benzene rings is 1. The fourth-order valence-electron chi connectivity index (χ4n) is 1.05. The largest absolute Gasteiger partial charge is 1.00 e.